The molecule has 1 aliphatic heterocycles. The number of carbonyl (C=O) groups excluding carboxylic acids is 2. The molecule has 0 radical (unpaired) electrons. The Kier molecular flexibility index (Phi) is 5.25. The van der Waals surface area contributed by atoms with Gasteiger partial charge in [0.05, 0.1) is 5.69 Å². The zero-order valence-corrected chi connectivity index (χ0v) is 16.7. The molecule has 1 N–H and O–H groups in total. The molecule has 0 saturated heterocycles. The lowest BCUT2D eigenvalue weighted by molar-refractivity contribution is -0.128. The first-order chi connectivity index (χ1) is 13.6. The van der Waals surface area contributed by atoms with Gasteiger partial charge in [-0.2, -0.15) is 0 Å². The molecule has 1 fully saturated rings. The summed E-state index contributed by atoms with van der Waals surface area (Å²) in [5, 5.41) is 3.24. The molecule has 2 heterocycles. The van der Waals surface area contributed by atoms with Crippen molar-refractivity contribution in [2.75, 3.05) is 4.90 Å². The Labute approximate surface area is 166 Å². The molecule has 4 rings (SSSR count). The van der Waals surface area contributed by atoms with Crippen molar-refractivity contribution in [2.45, 2.75) is 64.6 Å². The van der Waals surface area contributed by atoms with Crippen molar-refractivity contribution < 1.29 is 9.59 Å². The highest BCUT2D eigenvalue weighted by Gasteiger charge is 2.39. The first-order valence-corrected chi connectivity index (χ1v) is 10.4. The zero-order valence-electron chi connectivity index (χ0n) is 16.7. The van der Waals surface area contributed by atoms with E-state index < -0.39 is 6.04 Å². The van der Waals surface area contributed by atoms with E-state index >= 15 is 0 Å². The number of nitrogens with zero attached hydrogens (tertiary/aromatic N) is 2. The molecule has 1 aromatic heterocycles. The summed E-state index contributed by atoms with van der Waals surface area (Å²) >= 11 is 0. The van der Waals surface area contributed by atoms with Gasteiger partial charge < -0.3 is 9.88 Å². The van der Waals surface area contributed by atoms with Gasteiger partial charge in [-0.25, -0.2) is 0 Å². The Morgan fingerprint density at radius 3 is 2.68 bits per heavy atom. The van der Waals surface area contributed by atoms with Gasteiger partial charge in [0.2, 0.25) is 11.8 Å². The minimum Gasteiger partial charge on any atom is -0.351 e. The fourth-order valence-corrected chi connectivity index (χ4v) is 4.47. The van der Waals surface area contributed by atoms with Crippen LogP contribution in [0.2, 0.25) is 0 Å². The maximum absolute atomic E-state index is 13.4. The first kappa shape index (κ1) is 18.8. The normalized spacial score (nSPS) is 24.7. The average molecular weight is 380 g/mol. The summed E-state index contributed by atoms with van der Waals surface area (Å²) in [6, 6.07) is 11.4. The van der Waals surface area contributed by atoms with E-state index in [0.29, 0.717) is 0 Å². The molecule has 1 saturated carbocycles. The molecule has 0 spiro atoms. The van der Waals surface area contributed by atoms with Crippen LogP contribution in [0.5, 0.6) is 0 Å². The van der Waals surface area contributed by atoms with Gasteiger partial charge in [0.15, 0.2) is 6.04 Å². The van der Waals surface area contributed by atoms with Crippen LogP contribution >= 0.6 is 0 Å². The molecule has 1 aromatic carbocycles. The second-order valence-electron chi connectivity index (χ2n) is 8.22. The number of hydrogen-bond acceptors (Lipinski definition) is 2. The number of benzene rings is 1. The Morgan fingerprint density at radius 2 is 1.93 bits per heavy atom. The Bertz CT molecular complexity index is 864. The van der Waals surface area contributed by atoms with E-state index in [4.69, 9.17) is 0 Å². The van der Waals surface area contributed by atoms with Crippen LogP contribution in [-0.4, -0.2) is 22.4 Å². The number of carbonyl (C=O) groups is 2. The van der Waals surface area contributed by atoms with E-state index in [-0.39, 0.29) is 24.4 Å². The van der Waals surface area contributed by atoms with E-state index in [1.807, 2.05) is 41.1 Å². The monoisotopic (exact) mass is 379 g/mol. The Morgan fingerprint density at radius 1 is 1.14 bits per heavy atom. The van der Waals surface area contributed by atoms with Crippen LogP contribution in [-0.2, 0) is 22.6 Å². The van der Waals surface area contributed by atoms with Crippen molar-refractivity contribution in [3.05, 3.63) is 53.9 Å². The second kappa shape index (κ2) is 7.82. The van der Waals surface area contributed by atoms with Crippen LogP contribution in [0.3, 0.4) is 0 Å². The summed E-state index contributed by atoms with van der Waals surface area (Å²) in [6.45, 7) is 4.63. The molecule has 2 amide bonds. The first-order valence-electron chi connectivity index (χ1n) is 10.4. The van der Waals surface area contributed by atoms with Gasteiger partial charge in [0.25, 0.3) is 0 Å². The topological polar surface area (TPSA) is 54.3 Å². The van der Waals surface area contributed by atoms with Crippen LogP contribution in [0.15, 0.2) is 42.6 Å². The van der Waals surface area contributed by atoms with Crippen molar-refractivity contribution in [1.29, 1.82) is 0 Å². The van der Waals surface area contributed by atoms with Crippen LogP contribution in [0.4, 0.5) is 5.69 Å². The lowest BCUT2D eigenvalue weighted by Gasteiger charge is -2.37. The molecule has 5 heteroatoms. The van der Waals surface area contributed by atoms with E-state index in [9.17, 15) is 9.59 Å². The number of rotatable bonds is 4. The van der Waals surface area contributed by atoms with E-state index in [1.165, 1.54) is 0 Å². The maximum atomic E-state index is 13.4. The largest absolute Gasteiger partial charge is 0.351 e. The van der Waals surface area contributed by atoms with Crippen molar-refractivity contribution in [1.82, 2.24) is 9.88 Å². The number of nitrogens with one attached hydrogen (secondary N) is 1. The minimum absolute atomic E-state index is 0.0469. The lowest BCUT2D eigenvalue weighted by Crippen LogP contribution is -2.51. The van der Waals surface area contributed by atoms with Crippen LogP contribution < -0.4 is 10.2 Å². The van der Waals surface area contributed by atoms with Crippen molar-refractivity contribution in [3.63, 3.8) is 0 Å². The highest BCUT2D eigenvalue weighted by Crippen LogP contribution is 2.33. The van der Waals surface area contributed by atoms with Gasteiger partial charge in [-0.15, -0.1) is 0 Å². The van der Waals surface area contributed by atoms with Crippen LogP contribution in [0.1, 0.15) is 56.8 Å². The SMILES string of the molecule is CCc1cccc(N2C(=O)Cn3cccc3[C@H]2C(=O)NC2CCC(C)CC2)c1. The summed E-state index contributed by atoms with van der Waals surface area (Å²) in [6.07, 6.45) is 7.10. The van der Waals surface area contributed by atoms with E-state index in [1.54, 1.807) is 4.90 Å². The standard InChI is InChI=1S/C23H29N3O2/c1-3-17-6-4-7-19(14-17)26-21(27)15-25-13-5-8-20(25)22(26)23(28)24-18-11-9-16(2)10-12-18/h4-8,13-14,16,18,22H,3,9-12,15H2,1-2H3,(H,24,28)/t16?,18?,22-/m0/s1. The van der Waals surface area contributed by atoms with Gasteiger partial charge in [-0.05, 0) is 67.9 Å². The molecule has 1 aliphatic carbocycles. The minimum atomic E-state index is -0.622. The predicted octanol–water partition coefficient (Wildman–Crippen LogP) is 3.83. The predicted molar refractivity (Wildman–Crippen MR) is 110 cm³/mol. The number of aromatic nitrogens is 1. The van der Waals surface area contributed by atoms with E-state index in [2.05, 4.69) is 25.2 Å². The molecule has 0 bridgehead atoms. The van der Waals surface area contributed by atoms with Gasteiger partial charge in [-0.1, -0.05) is 26.0 Å². The number of amides is 2. The number of hydrogen-bond donors (Lipinski definition) is 1. The zero-order chi connectivity index (χ0) is 19.7. The van der Waals surface area contributed by atoms with Gasteiger partial charge in [-0.3, -0.25) is 14.5 Å². The number of fused-ring (bicyclic) bond motifs is 1. The summed E-state index contributed by atoms with van der Waals surface area (Å²) in [7, 11) is 0. The Hall–Kier alpha value is -2.56. The molecule has 5 nitrogen and oxygen atoms in total. The van der Waals surface area contributed by atoms with Crippen molar-refractivity contribution >= 4 is 17.5 Å². The summed E-state index contributed by atoms with van der Waals surface area (Å²) < 4.78 is 1.90. The van der Waals surface area contributed by atoms with Gasteiger partial charge >= 0.3 is 0 Å². The summed E-state index contributed by atoms with van der Waals surface area (Å²) in [4.78, 5) is 28.1. The molecule has 148 valence electrons. The van der Waals surface area contributed by atoms with Crippen LogP contribution in [0.25, 0.3) is 0 Å². The average Bonchev–Trinajstić information content (AvgIpc) is 3.16. The van der Waals surface area contributed by atoms with Crippen LogP contribution in [0, 0.1) is 5.92 Å². The Balaban J connectivity index is 1.65. The fraction of sp³-hybridized carbons (Fsp3) is 0.478. The van der Waals surface area contributed by atoms with E-state index in [0.717, 1.165) is 55.0 Å². The number of aryl methyl sites for hydroxylation is 1. The quantitative estimate of drug-likeness (QED) is 0.878. The molecule has 1 atom stereocenters. The molecule has 2 aliphatic rings. The second-order valence-corrected chi connectivity index (χ2v) is 8.22. The molecule has 2 aromatic rings. The molecule has 28 heavy (non-hydrogen) atoms. The fourth-order valence-electron chi connectivity index (χ4n) is 4.47. The number of anilines is 1. The summed E-state index contributed by atoms with van der Waals surface area (Å²) in [5.74, 6) is 0.610. The highest BCUT2D eigenvalue weighted by molar-refractivity contribution is 6.02. The third kappa shape index (κ3) is 3.58. The third-order valence-electron chi connectivity index (χ3n) is 6.18. The highest BCUT2D eigenvalue weighted by atomic mass is 16.2. The van der Waals surface area contributed by atoms with Gasteiger partial charge in [0.1, 0.15) is 6.54 Å². The molecular formula is C23H29N3O2. The van der Waals surface area contributed by atoms with Gasteiger partial charge in [0, 0.05) is 17.9 Å². The maximum Gasteiger partial charge on any atom is 0.249 e. The van der Waals surface area contributed by atoms with Crippen molar-refractivity contribution in [2.24, 2.45) is 5.92 Å². The molecule has 0 unspecified atom stereocenters. The summed E-state index contributed by atoms with van der Waals surface area (Å²) in [5.41, 5.74) is 2.84. The molecular weight excluding hydrogens is 350 g/mol. The van der Waals surface area contributed by atoms with Crippen molar-refractivity contribution in [3.8, 4) is 0 Å². The lowest BCUT2D eigenvalue weighted by atomic mass is 9.87. The smallest absolute Gasteiger partial charge is 0.249 e. The third-order valence-corrected chi connectivity index (χ3v) is 6.18.